The molecule has 0 fully saturated rings. The highest BCUT2D eigenvalue weighted by Crippen LogP contribution is 2.12. The van der Waals surface area contributed by atoms with E-state index in [1.165, 1.54) is 0 Å². The smallest absolute Gasteiger partial charge is 0.240 e. The van der Waals surface area contributed by atoms with Crippen LogP contribution in [0.25, 0.3) is 0 Å². The Kier molecular flexibility index (Phi) is 5.60. The lowest BCUT2D eigenvalue weighted by Crippen LogP contribution is -2.36. The van der Waals surface area contributed by atoms with Gasteiger partial charge in [0.1, 0.15) is 5.38 Å². The molecule has 0 spiro atoms. The maximum Gasteiger partial charge on any atom is 0.240 e. The molecule has 0 saturated carbocycles. The van der Waals surface area contributed by atoms with Crippen molar-refractivity contribution in [3.63, 3.8) is 0 Å². The van der Waals surface area contributed by atoms with Crippen molar-refractivity contribution in [3.05, 3.63) is 30.1 Å². The number of alkyl halides is 1. The average Bonchev–Trinajstić information content (AvgIpc) is 2.75. The van der Waals surface area contributed by atoms with Gasteiger partial charge in [0.25, 0.3) is 0 Å². The predicted molar refractivity (Wildman–Crippen MR) is 78.2 cm³/mol. The van der Waals surface area contributed by atoms with E-state index in [4.69, 9.17) is 11.6 Å². The fourth-order valence-electron chi connectivity index (χ4n) is 1.75. The maximum absolute atomic E-state index is 12.0. The van der Waals surface area contributed by atoms with Gasteiger partial charge in [0.15, 0.2) is 0 Å². The first-order chi connectivity index (χ1) is 8.81. The van der Waals surface area contributed by atoms with Crippen molar-refractivity contribution in [3.8, 4) is 0 Å². The molecule has 0 N–H and O–H groups in total. The van der Waals surface area contributed by atoms with Gasteiger partial charge in [0.2, 0.25) is 5.91 Å². The van der Waals surface area contributed by atoms with Gasteiger partial charge in [-0.1, -0.05) is 12.2 Å². The van der Waals surface area contributed by atoms with Crippen molar-refractivity contribution in [2.45, 2.75) is 45.7 Å². The molecule has 5 heteroatoms. The van der Waals surface area contributed by atoms with E-state index in [2.05, 4.69) is 25.5 Å². The van der Waals surface area contributed by atoms with Gasteiger partial charge in [-0.15, -0.1) is 11.6 Å². The first-order valence-electron chi connectivity index (χ1n) is 6.41. The standard InChI is InChI=1S/C14H22ClN3O/c1-10(2)7-17(14(19)12(5)15)8-13-6-16-18(9-13)11(3)4/h6,9,11-12H,1,7-8H2,2-5H3. The van der Waals surface area contributed by atoms with E-state index in [9.17, 15) is 4.79 Å². The maximum atomic E-state index is 12.0. The largest absolute Gasteiger partial charge is 0.333 e. The fourth-order valence-corrected chi connectivity index (χ4v) is 1.89. The topological polar surface area (TPSA) is 38.1 Å². The van der Waals surface area contributed by atoms with Crippen LogP contribution in [0.2, 0.25) is 0 Å². The minimum atomic E-state index is -0.528. The molecule has 4 nitrogen and oxygen atoms in total. The number of hydrogen-bond donors (Lipinski definition) is 0. The zero-order chi connectivity index (χ0) is 14.6. The minimum absolute atomic E-state index is 0.0815. The number of nitrogens with zero attached hydrogens (tertiary/aromatic N) is 3. The summed E-state index contributed by atoms with van der Waals surface area (Å²) in [6.45, 7) is 12.6. The van der Waals surface area contributed by atoms with E-state index >= 15 is 0 Å². The van der Waals surface area contributed by atoms with Crippen LogP contribution in [0, 0.1) is 0 Å². The lowest BCUT2D eigenvalue weighted by Gasteiger charge is -2.23. The normalized spacial score (nSPS) is 12.5. The summed E-state index contributed by atoms with van der Waals surface area (Å²) in [5.41, 5.74) is 1.93. The van der Waals surface area contributed by atoms with Crippen LogP contribution in [0.3, 0.4) is 0 Å². The summed E-state index contributed by atoms with van der Waals surface area (Å²) in [5, 5.41) is 3.75. The quantitative estimate of drug-likeness (QED) is 0.595. The molecule has 1 amide bonds. The van der Waals surface area contributed by atoms with Crippen molar-refractivity contribution >= 4 is 17.5 Å². The average molecular weight is 284 g/mol. The van der Waals surface area contributed by atoms with Crippen molar-refractivity contribution in [2.75, 3.05) is 6.54 Å². The summed E-state index contributed by atoms with van der Waals surface area (Å²) in [6, 6.07) is 0.311. The summed E-state index contributed by atoms with van der Waals surface area (Å²) < 4.78 is 1.88. The Morgan fingerprint density at radius 1 is 1.53 bits per heavy atom. The van der Waals surface area contributed by atoms with Crippen LogP contribution in [-0.2, 0) is 11.3 Å². The first-order valence-corrected chi connectivity index (χ1v) is 6.85. The van der Waals surface area contributed by atoms with Gasteiger partial charge in [0, 0.05) is 30.9 Å². The molecule has 1 unspecified atom stereocenters. The van der Waals surface area contributed by atoms with E-state index in [1.54, 1.807) is 18.0 Å². The molecule has 19 heavy (non-hydrogen) atoms. The molecule has 0 aliphatic carbocycles. The number of hydrogen-bond acceptors (Lipinski definition) is 2. The molecule has 0 saturated heterocycles. The van der Waals surface area contributed by atoms with E-state index < -0.39 is 5.38 Å². The van der Waals surface area contributed by atoms with Crippen LogP contribution in [0.5, 0.6) is 0 Å². The Morgan fingerprint density at radius 2 is 2.16 bits per heavy atom. The second kappa shape index (κ2) is 6.75. The third-order valence-corrected chi connectivity index (χ3v) is 2.86. The van der Waals surface area contributed by atoms with Crippen molar-refractivity contribution < 1.29 is 4.79 Å². The summed E-state index contributed by atoms with van der Waals surface area (Å²) in [4.78, 5) is 13.8. The minimum Gasteiger partial charge on any atom is -0.333 e. The van der Waals surface area contributed by atoms with Crippen molar-refractivity contribution in [2.24, 2.45) is 0 Å². The summed E-state index contributed by atoms with van der Waals surface area (Å²) in [6.07, 6.45) is 3.75. The Labute approximate surface area is 120 Å². The number of carbonyl (C=O) groups excluding carboxylic acids is 1. The second-order valence-electron chi connectivity index (χ2n) is 5.19. The summed E-state index contributed by atoms with van der Waals surface area (Å²) in [7, 11) is 0. The van der Waals surface area contributed by atoms with Crippen LogP contribution in [0.1, 0.15) is 39.3 Å². The molecule has 1 atom stereocenters. The van der Waals surface area contributed by atoms with Crippen molar-refractivity contribution in [1.82, 2.24) is 14.7 Å². The van der Waals surface area contributed by atoms with Gasteiger partial charge in [-0.25, -0.2) is 0 Å². The molecular formula is C14H22ClN3O. The van der Waals surface area contributed by atoms with Gasteiger partial charge in [-0.05, 0) is 27.7 Å². The SMILES string of the molecule is C=C(C)CN(Cc1cnn(C(C)C)c1)C(=O)C(C)Cl. The zero-order valence-corrected chi connectivity index (χ0v) is 12.8. The predicted octanol–water partition coefficient (Wildman–Crippen LogP) is 3.00. The molecular weight excluding hydrogens is 262 g/mol. The van der Waals surface area contributed by atoms with Gasteiger partial charge in [-0.2, -0.15) is 5.10 Å². The van der Waals surface area contributed by atoms with Gasteiger partial charge >= 0.3 is 0 Å². The third kappa shape index (κ3) is 4.71. The van der Waals surface area contributed by atoms with Crippen molar-refractivity contribution in [1.29, 1.82) is 0 Å². The first kappa shape index (κ1) is 15.8. The van der Waals surface area contributed by atoms with Crippen LogP contribution in [0.4, 0.5) is 0 Å². The Hall–Kier alpha value is -1.29. The molecule has 0 aliphatic heterocycles. The highest BCUT2D eigenvalue weighted by atomic mass is 35.5. The van der Waals surface area contributed by atoms with Gasteiger partial charge < -0.3 is 4.90 Å². The number of halogens is 1. The number of amides is 1. The van der Waals surface area contributed by atoms with E-state index in [-0.39, 0.29) is 5.91 Å². The van der Waals surface area contributed by atoms with E-state index in [1.807, 2.05) is 17.8 Å². The summed E-state index contributed by atoms with van der Waals surface area (Å²) >= 11 is 5.89. The molecule has 0 radical (unpaired) electrons. The molecule has 1 heterocycles. The molecule has 0 aliphatic rings. The highest BCUT2D eigenvalue weighted by Gasteiger charge is 2.19. The van der Waals surface area contributed by atoms with Crippen LogP contribution in [-0.4, -0.2) is 32.5 Å². The number of carbonyl (C=O) groups is 1. The Balaban J connectivity index is 2.81. The Bertz CT molecular complexity index is 451. The second-order valence-corrected chi connectivity index (χ2v) is 5.84. The highest BCUT2D eigenvalue weighted by molar-refractivity contribution is 6.30. The van der Waals surface area contributed by atoms with Gasteiger partial charge in [0.05, 0.1) is 6.20 Å². The van der Waals surface area contributed by atoms with E-state index in [0.29, 0.717) is 19.1 Å². The number of rotatable bonds is 6. The number of aromatic nitrogens is 2. The molecule has 1 aromatic rings. The molecule has 1 aromatic heterocycles. The lowest BCUT2D eigenvalue weighted by molar-refractivity contribution is -0.130. The lowest BCUT2D eigenvalue weighted by atomic mass is 10.2. The molecule has 1 rings (SSSR count). The fraction of sp³-hybridized carbons (Fsp3) is 0.571. The molecule has 0 aromatic carbocycles. The monoisotopic (exact) mass is 283 g/mol. The summed E-state index contributed by atoms with van der Waals surface area (Å²) in [5.74, 6) is -0.0815. The zero-order valence-electron chi connectivity index (χ0n) is 12.1. The molecule has 0 bridgehead atoms. The molecule has 106 valence electrons. The Morgan fingerprint density at radius 3 is 2.58 bits per heavy atom. The van der Waals surface area contributed by atoms with Crippen LogP contribution in [0.15, 0.2) is 24.5 Å². The van der Waals surface area contributed by atoms with Crippen LogP contribution >= 0.6 is 11.6 Å². The van der Waals surface area contributed by atoms with Crippen LogP contribution < -0.4 is 0 Å². The third-order valence-electron chi connectivity index (χ3n) is 2.67. The van der Waals surface area contributed by atoms with Gasteiger partial charge in [-0.3, -0.25) is 9.48 Å². The van der Waals surface area contributed by atoms with E-state index in [0.717, 1.165) is 11.1 Å².